The van der Waals surface area contributed by atoms with E-state index in [1.165, 1.54) is 12.0 Å². The van der Waals surface area contributed by atoms with Crippen molar-refractivity contribution < 1.29 is 14.3 Å². The molecule has 1 unspecified atom stereocenters. The summed E-state index contributed by atoms with van der Waals surface area (Å²) in [6.07, 6.45) is 0.184. The first-order chi connectivity index (χ1) is 8.52. The van der Waals surface area contributed by atoms with E-state index in [9.17, 15) is 9.59 Å². The number of methoxy groups -OCH3 is 1. The molecule has 2 heterocycles. The summed E-state index contributed by atoms with van der Waals surface area (Å²) >= 11 is 3.36. The molecule has 0 radical (unpaired) electrons. The first-order valence-corrected chi connectivity index (χ1v) is 6.33. The van der Waals surface area contributed by atoms with Crippen LogP contribution in [0.1, 0.15) is 12.1 Å². The number of carbonyl (C=O) groups is 2. The van der Waals surface area contributed by atoms with Crippen LogP contribution >= 0.6 is 15.9 Å². The van der Waals surface area contributed by atoms with Crippen molar-refractivity contribution in [2.45, 2.75) is 13.3 Å². The third-order valence-corrected chi connectivity index (χ3v) is 3.78. The number of hydrogen-bond acceptors (Lipinski definition) is 4. The molecule has 1 saturated heterocycles. The normalized spacial score (nSPS) is 19.2. The summed E-state index contributed by atoms with van der Waals surface area (Å²) < 4.78 is 5.55. The summed E-state index contributed by atoms with van der Waals surface area (Å²) in [7, 11) is 1.33. The zero-order chi connectivity index (χ0) is 13.3. The van der Waals surface area contributed by atoms with Gasteiger partial charge in [0.1, 0.15) is 5.82 Å². The molecule has 0 aromatic carbocycles. The fourth-order valence-corrected chi connectivity index (χ4v) is 2.16. The average Bonchev–Trinajstić information content (AvgIpc) is 2.74. The van der Waals surface area contributed by atoms with Gasteiger partial charge in [0, 0.05) is 17.4 Å². The number of amides is 1. The molecule has 0 aliphatic carbocycles. The van der Waals surface area contributed by atoms with Crippen LogP contribution in [0.4, 0.5) is 5.82 Å². The summed E-state index contributed by atoms with van der Waals surface area (Å²) in [5.41, 5.74) is 0.807. The summed E-state index contributed by atoms with van der Waals surface area (Å²) in [6.45, 7) is 2.19. The number of nitrogens with zero attached hydrogens (tertiary/aromatic N) is 2. The van der Waals surface area contributed by atoms with E-state index in [4.69, 9.17) is 0 Å². The first kappa shape index (κ1) is 13.0. The fraction of sp³-hybridized carbons (Fsp3) is 0.417. The Balaban J connectivity index is 2.21. The predicted octanol–water partition coefficient (Wildman–Crippen LogP) is 1.68. The van der Waals surface area contributed by atoms with Gasteiger partial charge in [-0.05, 0) is 35.0 Å². The Labute approximate surface area is 113 Å². The molecule has 0 bridgehead atoms. The Morgan fingerprint density at radius 1 is 1.56 bits per heavy atom. The molecule has 18 heavy (non-hydrogen) atoms. The van der Waals surface area contributed by atoms with E-state index in [1.807, 2.05) is 13.0 Å². The second kappa shape index (κ2) is 5.06. The van der Waals surface area contributed by atoms with E-state index in [0.29, 0.717) is 12.4 Å². The molecule has 0 N–H and O–H groups in total. The van der Waals surface area contributed by atoms with Crippen molar-refractivity contribution in [1.82, 2.24) is 4.98 Å². The van der Waals surface area contributed by atoms with Gasteiger partial charge in [0.15, 0.2) is 0 Å². The molecule has 2 rings (SSSR count). The van der Waals surface area contributed by atoms with Gasteiger partial charge in [-0.1, -0.05) is 0 Å². The summed E-state index contributed by atoms with van der Waals surface area (Å²) in [5, 5.41) is 0. The van der Waals surface area contributed by atoms with Gasteiger partial charge in [-0.15, -0.1) is 0 Å². The molecule has 1 aliphatic heterocycles. The van der Waals surface area contributed by atoms with Crippen LogP contribution in [-0.4, -0.2) is 30.5 Å². The number of pyridine rings is 1. The Bertz CT molecular complexity index is 504. The number of halogens is 1. The lowest BCUT2D eigenvalue weighted by Crippen LogP contribution is -2.27. The molecule has 1 amide bonds. The molecule has 6 heteroatoms. The quantitative estimate of drug-likeness (QED) is 0.780. The standard InChI is InChI=1S/C12H13BrN2O3/c1-7-9(13)3-4-10(14-7)15-6-8(5-11(15)16)12(17)18-2/h3-4,8H,5-6H2,1-2H3. The minimum Gasteiger partial charge on any atom is -0.469 e. The number of aromatic nitrogens is 1. The van der Waals surface area contributed by atoms with E-state index in [-0.39, 0.29) is 18.3 Å². The van der Waals surface area contributed by atoms with Gasteiger partial charge in [-0.25, -0.2) is 4.98 Å². The number of ether oxygens (including phenoxy) is 1. The Kier molecular flexibility index (Phi) is 3.65. The Morgan fingerprint density at radius 2 is 2.28 bits per heavy atom. The highest BCUT2D eigenvalue weighted by Crippen LogP contribution is 2.26. The molecular weight excluding hydrogens is 300 g/mol. The van der Waals surface area contributed by atoms with Crippen molar-refractivity contribution in [3.8, 4) is 0 Å². The minimum absolute atomic E-state index is 0.0976. The third-order valence-electron chi connectivity index (χ3n) is 2.94. The van der Waals surface area contributed by atoms with Crippen LogP contribution in [0.3, 0.4) is 0 Å². The number of aryl methyl sites for hydroxylation is 1. The number of rotatable bonds is 2. The molecule has 1 fully saturated rings. The molecule has 1 aromatic rings. The lowest BCUT2D eigenvalue weighted by atomic mass is 10.1. The molecule has 0 saturated carbocycles. The molecule has 1 atom stereocenters. The van der Waals surface area contributed by atoms with Crippen molar-refractivity contribution in [3.63, 3.8) is 0 Å². The molecule has 5 nitrogen and oxygen atoms in total. The van der Waals surface area contributed by atoms with Crippen LogP contribution in [-0.2, 0) is 14.3 Å². The number of anilines is 1. The van der Waals surface area contributed by atoms with Crippen molar-refractivity contribution in [3.05, 3.63) is 22.3 Å². The van der Waals surface area contributed by atoms with E-state index >= 15 is 0 Å². The summed E-state index contributed by atoms with van der Waals surface area (Å²) in [4.78, 5) is 29.2. The zero-order valence-corrected chi connectivity index (χ0v) is 11.7. The smallest absolute Gasteiger partial charge is 0.311 e. The zero-order valence-electron chi connectivity index (χ0n) is 10.1. The molecular formula is C12H13BrN2O3. The Morgan fingerprint density at radius 3 is 2.89 bits per heavy atom. The van der Waals surface area contributed by atoms with Crippen LogP contribution in [0.2, 0.25) is 0 Å². The van der Waals surface area contributed by atoms with Gasteiger partial charge in [-0.3, -0.25) is 14.5 Å². The SMILES string of the molecule is COC(=O)C1CC(=O)N(c2ccc(Br)c(C)n2)C1. The molecule has 96 valence electrons. The van der Waals surface area contributed by atoms with Gasteiger partial charge in [0.05, 0.1) is 18.7 Å². The highest BCUT2D eigenvalue weighted by Gasteiger charge is 2.36. The predicted molar refractivity (Wildman–Crippen MR) is 69.2 cm³/mol. The molecule has 0 spiro atoms. The number of esters is 1. The van der Waals surface area contributed by atoms with Gasteiger partial charge >= 0.3 is 5.97 Å². The van der Waals surface area contributed by atoms with E-state index in [1.54, 1.807) is 6.07 Å². The van der Waals surface area contributed by atoms with Crippen LogP contribution in [0.15, 0.2) is 16.6 Å². The monoisotopic (exact) mass is 312 g/mol. The van der Waals surface area contributed by atoms with Gasteiger partial charge in [0.2, 0.25) is 5.91 Å². The van der Waals surface area contributed by atoms with Gasteiger partial charge < -0.3 is 4.74 Å². The van der Waals surface area contributed by atoms with E-state index in [2.05, 4.69) is 25.7 Å². The lowest BCUT2D eigenvalue weighted by molar-refractivity contribution is -0.145. The highest BCUT2D eigenvalue weighted by atomic mass is 79.9. The maximum atomic E-state index is 11.9. The Hall–Kier alpha value is -1.43. The van der Waals surface area contributed by atoms with E-state index < -0.39 is 5.92 Å². The maximum Gasteiger partial charge on any atom is 0.311 e. The summed E-state index contributed by atoms with van der Waals surface area (Å²) in [6, 6.07) is 3.60. The largest absolute Gasteiger partial charge is 0.469 e. The van der Waals surface area contributed by atoms with Crippen molar-refractivity contribution in [2.75, 3.05) is 18.6 Å². The van der Waals surface area contributed by atoms with Crippen LogP contribution < -0.4 is 4.90 Å². The van der Waals surface area contributed by atoms with Crippen LogP contribution in [0.5, 0.6) is 0 Å². The number of hydrogen-bond donors (Lipinski definition) is 0. The number of carbonyl (C=O) groups excluding carboxylic acids is 2. The molecule has 1 aliphatic rings. The first-order valence-electron chi connectivity index (χ1n) is 5.54. The van der Waals surface area contributed by atoms with Crippen molar-refractivity contribution in [2.24, 2.45) is 5.92 Å². The minimum atomic E-state index is -0.395. The van der Waals surface area contributed by atoms with E-state index in [0.717, 1.165) is 10.2 Å². The van der Waals surface area contributed by atoms with Gasteiger partial charge in [-0.2, -0.15) is 0 Å². The summed E-state index contributed by atoms with van der Waals surface area (Å²) in [5.74, 6) is -0.264. The second-order valence-corrected chi connectivity index (χ2v) is 5.02. The third kappa shape index (κ3) is 2.38. The van der Waals surface area contributed by atoms with Crippen LogP contribution in [0, 0.1) is 12.8 Å². The van der Waals surface area contributed by atoms with Crippen molar-refractivity contribution in [1.29, 1.82) is 0 Å². The maximum absolute atomic E-state index is 11.9. The average molecular weight is 313 g/mol. The van der Waals surface area contributed by atoms with Crippen molar-refractivity contribution >= 4 is 33.6 Å². The lowest BCUT2D eigenvalue weighted by Gasteiger charge is -2.16. The van der Waals surface area contributed by atoms with Gasteiger partial charge in [0.25, 0.3) is 0 Å². The topological polar surface area (TPSA) is 59.5 Å². The molecule has 1 aromatic heterocycles. The van der Waals surface area contributed by atoms with Crippen LogP contribution in [0.25, 0.3) is 0 Å². The fourth-order valence-electron chi connectivity index (χ4n) is 1.93. The highest BCUT2D eigenvalue weighted by molar-refractivity contribution is 9.10. The second-order valence-electron chi connectivity index (χ2n) is 4.17.